The lowest BCUT2D eigenvalue weighted by atomic mass is 9.97. The monoisotopic (exact) mass is 532 g/mol. The molecule has 10 nitrogen and oxygen atoms in total. The number of ether oxygens (including phenoxy) is 4. The van der Waals surface area contributed by atoms with Gasteiger partial charge < -0.3 is 18.9 Å². The first kappa shape index (κ1) is 31.7. The van der Waals surface area contributed by atoms with E-state index in [9.17, 15) is 20.1 Å². The fraction of sp³-hybridized carbons (Fsp3) is 0.857. The van der Waals surface area contributed by atoms with E-state index in [4.69, 9.17) is 18.9 Å². The van der Waals surface area contributed by atoms with Gasteiger partial charge in [0.05, 0.1) is 24.3 Å². The molecule has 38 heavy (non-hydrogen) atoms. The Kier molecular flexibility index (Phi) is 13.1. The molecular weight excluding hydrogens is 488 g/mol. The van der Waals surface area contributed by atoms with Gasteiger partial charge in [-0.25, -0.2) is 0 Å². The minimum atomic E-state index is -1.33. The van der Waals surface area contributed by atoms with Crippen molar-refractivity contribution in [3.8, 4) is 12.1 Å². The molecule has 4 unspecified atom stereocenters. The van der Waals surface area contributed by atoms with E-state index in [1.165, 1.54) is 12.8 Å². The number of hydrogen-bond donors (Lipinski definition) is 0. The van der Waals surface area contributed by atoms with Gasteiger partial charge in [-0.2, -0.15) is 20.8 Å². The maximum absolute atomic E-state index is 12.3. The van der Waals surface area contributed by atoms with E-state index in [1.54, 1.807) is 27.7 Å². The molecule has 2 fully saturated rings. The van der Waals surface area contributed by atoms with E-state index in [0.717, 1.165) is 51.4 Å². The van der Waals surface area contributed by atoms with Crippen molar-refractivity contribution in [3.63, 3.8) is 0 Å². The summed E-state index contributed by atoms with van der Waals surface area (Å²) in [6.07, 6.45) is 9.73. The smallest absolute Gasteiger partial charge is 0.308 e. The van der Waals surface area contributed by atoms with Crippen LogP contribution in [0.25, 0.3) is 0 Å². The summed E-state index contributed by atoms with van der Waals surface area (Å²) in [5.41, 5.74) is -2.65. The highest BCUT2D eigenvalue weighted by atomic mass is 16.7. The van der Waals surface area contributed by atoms with Crippen molar-refractivity contribution in [2.45, 2.75) is 153 Å². The van der Waals surface area contributed by atoms with E-state index >= 15 is 0 Å². The van der Waals surface area contributed by atoms with Crippen LogP contribution in [-0.2, 0) is 28.5 Å². The van der Waals surface area contributed by atoms with Crippen LogP contribution in [0.1, 0.15) is 118 Å². The van der Waals surface area contributed by atoms with Crippen LogP contribution in [0.5, 0.6) is 0 Å². The number of azo groups is 1. The van der Waals surface area contributed by atoms with Crippen LogP contribution in [0.15, 0.2) is 10.2 Å². The molecule has 0 aromatic heterocycles. The fourth-order valence-electron chi connectivity index (χ4n) is 4.66. The summed E-state index contributed by atoms with van der Waals surface area (Å²) in [4.78, 5) is 24.6. The third-order valence-corrected chi connectivity index (χ3v) is 7.07. The molecule has 10 heteroatoms. The molecule has 0 aromatic rings. The minimum Gasteiger partial charge on any atom is -0.436 e. The van der Waals surface area contributed by atoms with Gasteiger partial charge in [-0.15, -0.1) is 0 Å². The van der Waals surface area contributed by atoms with Gasteiger partial charge in [0.25, 0.3) is 0 Å². The first-order valence-corrected chi connectivity index (χ1v) is 14.0. The molecule has 0 spiro atoms. The van der Waals surface area contributed by atoms with Crippen LogP contribution in [0.2, 0.25) is 0 Å². The maximum atomic E-state index is 12.3. The van der Waals surface area contributed by atoms with Gasteiger partial charge >= 0.3 is 11.9 Å². The van der Waals surface area contributed by atoms with Gasteiger partial charge in [0.1, 0.15) is 0 Å². The Hall–Kier alpha value is -2.56. The number of rotatable bonds is 14. The van der Waals surface area contributed by atoms with E-state index in [-0.39, 0.29) is 37.9 Å². The van der Waals surface area contributed by atoms with Crippen molar-refractivity contribution < 1.29 is 28.5 Å². The quantitative estimate of drug-likeness (QED) is 0.150. The molecule has 2 saturated carbocycles. The average Bonchev–Trinajstić information content (AvgIpc) is 2.90. The number of carbonyl (C=O) groups excluding carboxylic acids is 2. The first-order chi connectivity index (χ1) is 18.1. The second-order valence-corrected chi connectivity index (χ2v) is 10.9. The minimum absolute atomic E-state index is 0.0457. The van der Waals surface area contributed by atoms with Gasteiger partial charge in [0.2, 0.25) is 0 Å². The Morgan fingerprint density at radius 3 is 1.39 bits per heavy atom. The molecule has 4 atom stereocenters. The van der Waals surface area contributed by atoms with Crippen LogP contribution in [0.3, 0.4) is 0 Å². The molecule has 2 aliphatic carbocycles. The molecule has 0 N–H and O–H groups in total. The molecule has 0 bridgehead atoms. The average molecular weight is 533 g/mol. The first-order valence-electron chi connectivity index (χ1n) is 14.0. The molecule has 0 heterocycles. The zero-order valence-electron chi connectivity index (χ0n) is 23.4. The largest absolute Gasteiger partial charge is 0.436 e. The normalized spacial score (nSPS) is 21.8. The van der Waals surface area contributed by atoms with E-state index in [0.29, 0.717) is 0 Å². The topological polar surface area (TPSA) is 143 Å². The van der Waals surface area contributed by atoms with Gasteiger partial charge in [0, 0.05) is 12.8 Å². The summed E-state index contributed by atoms with van der Waals surface area (Å²) in [7, 11) is 0. The molecule has 2 rings (SSSR count). The van der Waals surface area contributed by atoms with Gasteiger partial charge in [-0.3, -0.25) is 9.59 Å². The highest BCUT2D eigenvalue weighted by Crippen LogP contribution is 2.26. The predicted octanol–water partition coefficient (Wildman–Crippen LogP) is 6.04. The lowest BCUT2D eigenvalue weighted by molar-refractivity contribution is -0.188. The van der Waals surface area contributed by atoms with Crippen molar-refractivity contribution >= 4 is 11.9 Å². The van der Waals surface area contributed by atoms with Crippen LogP contribution < -0.4 is 0 Å². The lowest BCUT2D eigenvalue weighted by Crippen LogP contribution is -2.29. The third kappa shape index (κ3) is 11.9. The van der Waals surface area contributed by atoms with Gasteiger partial charge in [-0.1, -0.05) is 38.5 Å². The highest BCUT2D eigenvalue weighted by Gasteiger charge is 2.31. The van der Waals surface area contributed by atoms with Crippen molar-refractivity contribution in [2.24, 2.45) is 10.2 Å². The zero-order chi connectivity index (χ0) is 28.0. The molecule has 0 aliphatic heterocycles. The Balaban J connectivity index is 1.78. The predicted molar refractivity (Wildman–Crippen MR) is 138 cm³/mol. The van der Waals surface area contributed by atoms with Crippen molar-refractivity contribution in [1.29, 1.82) is 10.5 Å². The molecule has 2 aliphatic rings. The molecule has 0 amide bonds. The van der Waals surface area contributed by atoms with E-state index in [2.05, 4.69) is 22.4 Å². The van der Waals surface area contributed by atoms with Crippen LogP contribution >= 0.6 is 0 Å². The highest BCUT2D eigenvalue weighted by molar-refractivity contribution is 5.70. The Bertz CT molecular complexity index is 802. The molecule has 212 valence electrons. The number of carbonyl (C=O) groups is 2. The third-order valence-electron chi connectivity index (χ3n) is 7.07. The maximum Gasteiger partial charge on any atom is 0.308 e. The SMILES string of the molecule is CC(OC(=O)CCC(C)(C#N)/N=N\C(C)(C#N)CCC(=O)OC(C)OC1CCCCC1)OC1CCCCC1. The number of esters is 2. The second-order valence-electron chi connectivity index (χ2n) is 10.9. The number of nitriles is 2. The molecule has 0 aromatic carbocycles. The summed E-state index contributed by atoms with van der Waals surface area (Å²) in [5, 5.41) is 27.5. The van der Waals surface area contributed by atoms with Crippen molar-refractivity contribution in [2.75, 3.05) is 0 Å². The van der Waals surface area contributed by atoms with Crippen molar-refractivity contribution in [3.05, 3.63) is 0 Å². The molecular formula is C28H44N4O6. The molecule has 0 radical (unpaired) electrons. The number of hydrogen-bond acceptors (Lipinski definition) is 10. The second kappa shape index (κ2) is 15.8. The summed E-state index contributed by atoms with van der Waals surface area (Å²) in [5.74, 6) is -0.972. The van der Waals surface area contributed by atoms with Crippen LogP contribution in [0, 0.1) is 22.7 Å². The standard InChI is InChI=1S/C28H44N4O6/c1-21(35-23-11-7-5-8-12-23)37-25(33)15-17-27(3,19-29)31-32-28(4,20-30)18-16-26(34)38-22(2)36-24-13-9-6-10-14-24/h21-24H,5-18H2,1-4H3/b32-31-. The molecule has 0 saturated heterocycles. The zero-order valence-corrected chi connectivity index (χ0v) is 23.4. The van der Waals surface area contributed by atoms with E-state index < -0.39 is 35.6 Å². The Morgan fingerprint density at radius 2 is 1.08 bits per heavy atom. The number of nitrogens with zero attached hydrogens (tertiary/aromatic N) is 4. The van der Waals surface area contributed by atoms with Crippen LogP contribution in [0.4, 0.5) is 0 Å². The summed E-state index contributed by atoms with van der Waals surface area (Å²) < 4.78 is 22.3. The summed E-state index contributed by atoms with van der Waals surface area (Å²) in [6.45, 7) is 6.48. The summed E-state index contributed by atoms with van der Waals surface area (Å²) >= 11 is 0. The van der Waals surface area contributed by atoms with Crippen LogP contribution in [-0.4, -0.2) is 47.8 Å². The van der Waals surface area contributed by atoms with Gasteiger partial charge in [0.15, 0.2) is 23.7 Å². The van der Waals surface area contributed by atoms with E-state index in [1.807, 2.05) is 0 Å². The lowest BCUT2D eigenvalue weighted by Gasteiger charge is -2.26. The van der Waals surface area contributed by atoms with Crippen molar-refractivity contribution in [1.82, 2.24) is 0 Å². The Labute approximate surface area is 227 Å². The summed E-state index contributed by atoms with van der Waals surface area (Å²) in [6, 6.07) is 4.12. The Morgan fingerprint density at radius 1 is 0.737 bits per heavy atom. The fourth-order valence-corrected chi connectivity index (χ4v) is 4.66. The van der Waals surface area contributed by atoms with Gasteiger partial charge in [-0.05, 0) is 66.2 Å².